The molecular formula is C26H35N5O. The van der Waals surface area contributed by atoms with Crippen LogP contribution in [0.5, 0.6) is 0 Å². The average Bonchev–Trinajstić information content (AvgIpc) is 3.24. The summed E-state index contributed by atoms with van der Waals surface area (Å²) in [6.07, 6.45) is 4.27. The summed E-state index contributed by atoms with van der Waals surface area (Å²) < 4.78 is 6.16. The van der Waals surface area contributed by atoms with Gasteiger partial charge >= 0.3 is 0 Å². The maximum Gasteiger partial charge on any atom is 0.191 e. The summed E-state index contributed by atoms with van der Waals surface area (Å²) in [5.74, 6) is 2.32. The van der Waals surface area contributed by atoms with Crippen LogP contribution in [0.2, 0.25) is 0 Å². The number of imidazole rings is 1. The van der Waals surface area contributed by atoms with Crippen molar-refractivity contribution in [3.63, 3.8) is 0 Å². The second-order valence-electron chi connectivity index (χ2n) is 8.55. The Morgan fingerprint density at radius 2 is 2.00 bits per heavy atom. The molecule has 2 aromatic carbocycles. The van der Waals surface area contributed by atoms with Crippen LogP contribution < -0.4 is 10.6 Å². The van der Waals surface area contributed by atoms with E-state index in [1.54, 1.807) is 0 Å². The van der Waals surface area contributed by atoms with E-state index in [-0.39, 0.29) is 6.10 Å². The maximum atomic E-state index is 6.16. The highest BCUT2D eigenvalue weighted by molar-refractivity contribution is 5.79. The van der Waals surface area contributed by atoms with Crippen LogP contribution in [0.1, 0.15) is 49.2 Å². The van der Waals surface area contributed by atoms with E-state index >= 15 is 0 Å². The normalized spacial score (nSPS) is 19.2. The van der Waals surface area contributed by atoms with Crippen molar-refractivity contribution < 1.29 is 4.74 Å². The fraction of sp³-hybridized carbons (Fsp3) is 0.462. The highest BCUT2D eigenvalue weighted by atomic mass is 16.5. The molecule has 1 fully saturated rings. The number of aromatic nitrogens is 2. The van der Waals surface area contributed by atoms with Gasteiger partial charge in [-0.3, -0.25) is 4.99 Å². The molecule has 1 aliphatic rings. The number of guanidine groups is 1. The van der Waals surface area contributed by atoms with Gasteiger partial charge in [0.15, 0.2) is 5.96 Å². The first kappa shape index (κ1) is 22.3. The van der Waals surface area contributed by atoms with Crippen LogP contribution in [0.3, 0.4) is 0 Å². The van der Waals surface area contributed by atoms with Gasteiger partial charge < -0.3 is 20.4 Å². The monoisotopic (exact) mass is 433 g/mol. The fourth-order valence-electron chi connectivity index (χ4n) is 4.29. The fourth-order valence-corrected chi connectivity index (χ4v) is 4.29. The SMILES string of the molecule is CCNC(=NCC1CCCOC1c1ccc(C)cc1)NCCCc1nc2ccccc2[nH]1. The highest BCUT2D eigenvalue weighted by Crippen LogP contribution is 2.33. The molecular weight excluding hydrogens is 398 g/mol. The third-order valence-corrected chi connectivity index (χ3v) is 6.00. The molecule has 1 saturated heterocycles. The van der Waals surface area contributed by atoms with Crippen LogP contribution in [-0.4, -0.2) is 42.2 Å². The lowest BCUT2D eigenvalue weighted by atomic mass is 9.89. The number of para-hydroxylation sites is 2. The summed E-state index contributed by atoms with van der Waals surface area (Å²) in [5.41, 5.74) is 4.67. The van der Waals surface area contributed by atoms with Gasteiger partial charge in [0.1, 0.15) is 5.82 Å². The molecule has 6 heteroatoms. The Labute approximate surface area is 190 Å². The minimum Gasteiger partial charge on any atom is -0.373 e. The van der Waals surface area contributed by atoms with E-state index in [2.05, 4.69) is 64.8 Å². The lowest BCUT2D eigenvalue weighted by Crippen LogP contribution is -2.38. The van der Waals surface area contributed by atoms with Crippen molar-refractivity contribution >= 4 is 17.0 Å². The van der Waals surface area contributed by atoms with Gasteiger partial charge in [0.2, 0.25) is 0 Å². The van der Waals surface area contributed by atoms with Gasteiger partial charge in [-0.1, -0.05) is 42.0 Å². The van der Waals surface area contributed by atoms with Gasteiger partial charge in [-0.25, -0.2) is 4.98 Å². The Morgan fingerprint density at radius 1 is 1.16 bits per heavy atom. The number of fused-ring (bicyclic) bond motifs is 1. The Bertz CT molecular complexity index is 977. The number of hydrogen-bond donors (Lipinski definition) is 3. The van der Waals surface area contributed by atoms with Gasteiger partial charge in [0, 0.05) is 38.6 Å². The quantitative estimate of drug-likeness (QED) is 0.277. The molecule has 1 aromatic heterocycles. The summed E-state index contributed by atoms with van der Waals surface area (Å²) in [5, 5.41) is 6.86. The Hall–Kier alpha value is -2.86. The Kier molecular flexibility index (Phi) is 7.77. The smallest absolute Gasteiger partial charge is 0.191 e. The Balaban J connectivity index is 1.30. The molecule has 0 bridgehead atoms. The number of aromatic amines is 1. The molecule has 170 valence electrons. The van der Waals surface area contributed by atoms with Crippen LogP contribution in [0.25, 0.3) is 11.0 Å². The molecule has 0 radical (unpaired) electrons. The van der Waals surface area contributed by atoms with Crippen molar-refractivity contribution in [3.8, 4) is 0 Å². The van der Waals surface area contributed by atoms with Crippen LogP contribution >= 0.6 is 0 Å². The van der Waals surface area contributed by atoms with Gasteiger partial charge in [0.05, 0.1) is 17.1 Å². The maximum absolute atomic E-state index is 6.16. The summed E-state index contributed by atoms with van der Waals surface area (Å²) in [4.78, 5) is 13.0. The number of ether oxygens (including phenoxy) is 1. The molecule has 4 rings (SSSR count). The standard InChI is InChI=1S/C26H35N5O/c1-3-27-26(28-16-6-11-24-30-22-9-4-5-10-23(22)31-24)29-18-21-8-7-17-32-25(21)20-14-12-19(2)13-15-20/h4-5,9-10,12-15,21,25H,3,6-8,11,16-18H2,1-2H3,(H,30,31)(H2,27,28,29). The number of nitrogens with one attached hydrogen (secondary N) is 3. The summed E-state index contributed by atoms with van der Waals surface area (Å²) in [7, 11) is 0. The zero-order valence-electron chi connectivity index (χ0n) is 19.2. The summed E-state index contributed by atoms with van der Waals surface area (Å²) in [6, 6.07) is 16.9. The van der Waals surface area contributed by atoms with Crippen molar-refractivity contribution in [2.45, 2.75) is 45.6 Å². The minimum atomic E-state index is 0.129. The largest absolute Gasteiger partial charge is 0.373 e. The Morgan fingerprint density at radius 3 is 2.81 bits per heavy atom. The van der Waals surface area contributed by atoms with Crippen molar-refractivity contribution in [3.05, 3.63) is 65.5 Å². The number of H-pyrrole nitrogens is 1. The average molecular weight is 434 g/mol. The van der Waals surface area contributed by atoms with E-state index in [0.717, 1.165) is 74.7 Å². The topological polar surface area (TPSA) is 74.3 Å². The molecule has 0 amide bonds. The van der Waals surface area contributed by atoms with Crippen LogP contribution in [0.4, 0.5) is 0 Å². The van der Waals surface area contributed by atoms with Gasteiger partial charge in [0.25, 0.3) is 0 Å². The predicted molar refractivity (Wildman–Crippen MR) is 131 cm³/mol. The first-order valence-electron chi connectivity index (χ1n) is 11.9. The zero-order chi connectivity index (χ0) is 22.2. The zero-order valence-corrected chi connectivity index (χ0v) is 19.2. The number of rotatable bonds is 8. The van der Waals surface area contributed by atoms with Gasteiger partial charge in [-0.05, 0) is 50.8 Å². The molecule has 6 nitrogen and oxygen atoms in total. The molecule has 2 heterocycles. The molecule has 0 aliphatic carbocycles. The predicted octanol–water partition coefficient (Wildman–Crippen LogP) is 4.53. The summed E-state index contributed by atoms with van der Waals surface area (Å²) >= 11 is 0. The van der Waals surface area contributed by atoms with E-state index in [0.29, 0.717) is 5.92 Å². The van der Waals surface area contributed by atoms with E-state index < -0.39 is 0 Å². The number of hydrogen-bond acceptors (Lipinski definition) is 3. The van der Waals surface area contributed by atoms with Crippen LogP contribution in [0.15, 0.2) is 53.5 Å². The molecule has 3 N–H and O–H groups in total. The molecule has 1 aliphatic heterocycles. The second-order valence-corrected chi connectivity index (χ2v) is 8.55. The second kappa shape index (κ2) is 11.1. The molecule has 3 aromatic rings. The van der Waals surface area contributed by atoms with E-state index in [1.807, 2.05) is 18.2 Å². The van der Waals surface area contributed by atoms with E-state index in [1.165, 1.54) is 11.1 Å². The van der Waals surface area contributed by atoms with Gasteiger partial charge in [-0.15, -0.1) is 0 Å². The molecule has 2 atom stereocenters. The van der Waals surface area contributed by atoms with E-state index in [4.69, 9.17) is 9.73 Å². The first-order valence-corrected chi connectivity index (χ1v) is 11.9. The first-order chi connectivity index (χ1) is 15.7. The third-order valence-electron chi connectivity index (χ3n) is 6.00. The third kappa shape index (κ3) is 5.88. The van der Waals surface area contributed by atoms with Crippen molar-refractivity contribution in [1.29, 1.82) is 0 Å². The number of aliphatic imine (C=N–C) groups is 1. The highest BCUT2D eigenvalue weighted by Gasteiger charge is 2.27. The minimum absolute atomic E-state index is 0.129. The van der Waals surface area contributed by atoms with Crippen molar-refractivity contribution in [1.82, 2.24) is 20.6 Å². The van der Waals surface area contributed by atoms with E-state index in [9.17, 15) is 0 Å². The molecule has 32 heavy (non-hydrogen) atoms. The molecule has 2 unspecified atom stereocenters. The van der Waals surface area contributed by atoms with Crippen molar-refractivity contribution in [2.24, 2.45) is 10.9 Å². The molecule has 0 spiro atoms. The number of aryl methyl sites for hydroxylation is 2. The van der Waals surface area contributed by atoms with Gasteiger partial charge in [-0.2, -0.15) is 0 Å². The number of benzene rings is 2. The lowest BCUT2D eigenvalue weighted by molar-refractivity contribution is -0.0250. The molecule has 0 saturated carbocycles. The lowest BCUT2D eigenvalue weighted by Gasteiger charge is -2.31. The summed E-state index contributed by atoms with van der Waals surface area (Å²) in [6.45, 7) is 7.51. The number of nitrogens with zero attached hydrogens (tertiary/aromatic N) is 2. The van der Waals surface area contributed by atoms with Crippen molar-refractivity contribution in [2.75, 3.05) is 26.2 Å². The van der Waals surface area contributed by atoms with Crippen LogP contribution in [-0.2, 0) is 11.2 Å². The van der Waals surface area contributed by atoms with Crippen LogP contribution in [0, 0.1) is 12.8 Å².